The second-order valence-corrected chi connectivity index (χ2v) is 7.58. The third kappa shape index (κ3) is 4.07. The molecule has 7 nitrogen and oxygen atoms in total. The van der Waals surface area contributed by atoms with E-state index in [9.17, 15) is 13.2 Å². The van der Waals surface area contributed by atoms with Gasteiger partial charge in [0.1, 0.15) is 0 Å². The average Bonchev–Trinajstić information content (AvgIpc) is 3.08. The van der Waals surface area contributed by atoms with Crippen molar-refractivity contribution in [3.8, 4) is 0 Å². The van der Waals surface area contributed by atoms with Gasteiger partial charge >= 0.3 is 0 Å². The number of amides is 1. The molecule has 0 radical (unpaired) electrons. The predicted molar refractivity (Wildman–Crippen MR) is 92.0 cm³/mol. The van der Waals surface area contributed by atoms with Crippen LogP contribution in [0.1, 0.15) is 16.8 Å². The molecule has 3 rings (SSSR count). The van der Waals surface area contributed by atoms with E-state index in [0.717, 1.165) is 13.0 Å². The molecule has 0 spiro atoms. The first-order valence-corrected chi connectivity index (χ1v) is 9.21. The summed E-state index contributed by atoms with van der Waals surface area (Å²) in [6.07, 6.45) is 0.851. The van der Waals surface area contributed by atoms with Crippen LogP contribution in [0.3, 0.4) is 0 Å². The van der Waals surface area contributed by atoms with Crippen molar-refractivity contribution < 1.29 is 17.9 Å². The Bertz CT molecular complexity index is 671. The van der Waals surface area contributed by atoms with Gasteiger partial charge in [-0.2, -0.15) is 4.31 Å². The Morgan fingerprint density at radius 3 is 2.62 bits per heavy atom. The van der Waals surface area contributed by atoms with Crippen molar-refractivity contribution in [2.45, 2.75) is 17.4 Å². The molecule has 0 aliphatic carbocycles. The van der Waals surface area contributed by atoms with Gasteiger partial charge < -0.3 is 15.4 Å². The monoisotopic (exact) mass is 375 g/mol. The Labute approximate surface area is 148 Å². The van der Waals surface area contributed by atoms with Crippen molar-refractivity contribution in [2.75, 3.05) is 39.4 Å². The third-order valence-corrected chi connectivity index (χ3v) is 6.07. The molecule has 9 heteroatoms. The summed E-state index contributed by atoms with van der Waals surface area (Å²) >= 11 is 0. The van der Waals surface area contributed by atoms with E-state index in [4.69, 9.17) is 4.74 Å². The quantitative estimate of drug-likeness (QED) is 0.786. The number of hydrogen-bond donors (Lipinski definition) is 2. The highest BCUT2D eigenvalue weighted by atomic mass is 35.5. The van der Waals surface area contributed by atoms with E-state index in [0.29, 0.717) is 32.8 Å². The van der Waals surface area contributed by atoms with Gasteiger partial charge in [-0.15, -0.1) is 12.4 Å². The number of carbonyl (C=O) groups is 1. The first-order valence-electron chi connectivity index (χ1n) is 7.77. The number of benzene rings is 1. The fraction of sp³-hybridized carbons (Fsp3) is 0.533. The van der Waals surface area contributed by atoms with Crippen LogP contribution in [0.4, 0.5) is 0 Å². The minimum absolute atomic E-state index is 0. The van der Waals surface area contributed by atoms with Gasteiger partial charge in [0.25, 0.3) is 5.91 Å². The summed E-state index contributed by atoms with van der Waals surface area (Å²) in [5.41, 5.74) is 0.200. The Balaban J connectivity index is 0.00000208. The molecular formula is C15H22ClN3O4S. The van der Waals surface area contributed by atoms with Crippen LogP contribution in [0, 0.1) is 0 Å². The van der Waals surface area contributed by atoms with E-state index in [1.165, 1.54) is 10.4 Å². The van der Waals surface area contributed by atoms with Crippen LogP contribution in [-0.4, -0.2) is 64.1 Å². The zero-order chi connectivity index (χ0) is 16.3. The number of nitrogens with one attached hydrogen (secondary N) is 2. The molecule has 0 aromatic heterocycles. The summed E-state index contributed by atoms with van der Waals surface area (Å²) in [7, 11) is -3.69. The number of morpholine rings is 1. The summed E-state index contributed by atoms with van der Waals surface area (Å²) in [5.74, 6) is -0.342. The van der Waals surface area contributed by atoms with Crippen molar-refractivity contribution in [3.05, 3.63) is 29.8 Å². The number of halogens is 1. The normalized spacial score (nSPS) is 21.9. The topological polar surface area (TPSA) is 87.7 Å². The molecule has 1 aromatic carbocycles. The SMILES string of the molecule is Cl.O=C(NC1CCNC1)c1ccccc1S(=O)(=O)N1CCOCC1. The van der Waals surface area contributed by atoms with Crippen LogP contribution in [-0.2, 0) is 14.8 Å². The molecule has 1 atom stereocenters. The fourth-order valence-electron chi connectivity index (χ4n) is 2.85. The third-order valence-electron chi connectivity index (χ3n) is 4.12. The number of rotatable bonds is 4. The highest BCUT2D eigenvalue weighted by molar-refractivity contribution is 7.89. The zero-order valence-corrected chi connectivity index (χ0v) is 14.9. The Morgan fingerprint density at radius 1 is 1.25 bits per heavy atom. The molecule has 134 valence electrons. The van der Waals surface area contributed by atoms with E-state index in [1.807, 2.05) is 0 Å². The smallest absolute Gasteiger partial charge is 0.252 e. The number of sulfonamides is 1. The van der Waals surface area contributed by atoms with E-state index in [1.54, 1.807) is 18.2 Å². The lowest BCUT2D eigenvalue weighted by molar-refractivity contribution is 0.0729. The Kier molecular flexibility index (Phi) is 6.59. The van der Waals surface area contributed by atoms with Crippen molar-refractivity contribution in [1.82, 2.24) is 14.9 Å². The highest BCUT2D eigenvalue weighted by Crippen LogP contribution is 2.21. The summed E-state index contributed by atoms with van der Waals surface area (Å²) in [5, 5.41) is 6.07. The van der Waals surface area contributed by atoms with Gasteiger partial charge in [0.05, 0.1) is 23.7 Å². The molecule has 0 saturated carbocycles. The lowest BCUT2D eigenvalue weighted by atomic mass is 10.2. The van der Waals surface area contributed by atoms with E-state index in [2.05, 4.69) is 10.6 Å². The zero-order valence-electron chi connectivity index (χ0n) is 13.2. The van der Waals surface area contributed by atoms with Crippen LogP contribution in [0.25, 0.3) is 0 Å². The lowest BCUT2D eigenvalue weighted by Gasteiger charge is -2.27. The minimum Gasteiger partial charge on any atom is -0.379 e. The second-order valence-electron chi connectivity index (χ2n) is 5.68. The van der Waals surface area contributed by atoms with E-state index >= 15 is 0 Å². The minimum atomic E-state index is -3.69. The maximum Gasteiger partial charge on any atom is 0.252 e. The van der Waals surface area contributed by atoms with Gasteiger partial charge in [0, 0.05) is 25.7 Å². The molecular weight excluding hydrogens is 354 g/mol. The maximum atomic E-state index is 12.8. The van der Waals surface area contributed by atoms with Crippen LogP contribution in [0.5, 0.6) is 0 Å². The van der Waals surface area contributed by atoms with Crippen LogP contribution in [0.2, 0.25) is 0 Å². The van der Waals surface area contributed by atoms with Crippen molar-refractivity contribution >= 4 is 28.3 Å². The predicted octanol–water partition coefficient (Wildman–Crippen LogP) is 0.221. The number of ether oxygens (including phenoxy) is 1. The molecule has 1 unspecified atom stereocenters. The molecule has 2 heterocycles. The maximum absolute atomic E-state index is 12.8. The first kappa shape index (κ1) is 19.1. The molecule has 1 amide bonds. The van der Waals surface area contributed by atoms with Crippen LogP contribution >= 0.6 is 12.4 Å². The van der Waals surface area contributed by atoms with Gasteiger partial charge in [-0.05, 0) is 25.1 Å². The van der Waals surface area contributed by atoms with Gasteiger partial charge in [0.15, 0.2) is 0 Å². The van der Waals surface area contributed by atoms with Crippen molar-refractivity contribution in [1.29, 1.82) is 0 Å². The first-order chi connectivity index (χ1) is 11.1. The summed E-state index contributed by atoms with van der Waals surface area (Å²) < 4.78 is 32.2. The molecule has 1 aromatic rings. The van der Waals surface area contributed by atoms with Crippen molar-refractivity contribution in [3.63, 3.8) is 0 Å². The van der Waals surface area contributed by atoms with E-state index in [-0.39, 0.29) is 34.8 Å². The lowest BCUT2D eigenvalue weighted by Crippen LogP contribution is -2.42. The summed E-state index contributed by atoms with van der Waals surface area (Å²) in [6, 6.07) is 6.42. The molecule has 2 fully saturated rings. The molecule has 24 heavy (non-hydrogen) atoms. The largest absolute Gasteiger partial charge is 0.379 e. The summed E-state index contributed by atoms with van der Waals surface area (Å²) in [6.45, 7) is 2.95. The van der Waals surface area contributed by atoms with Crippen LogP contribution < -0.4 is 10.6 Å². The van der Waals surface area contributed by atoms with Gasteiger partial charge in [-0.3, -0.25) is 4.79 Å². The molecule has 2 N–H and O–H groups in total. The Hall–Kier alpha value is -1.19. The number of nitrogens with zero attached hydrogens (tertiary/aromatic N) is 1. The Morgan fingerprint density at radius 2 is 1.96 bits per heavy atom. The highest BCUT2D eigenvalue weighted by Gasteiger charge is 2.30. The average molecular weight is 376 g/mol. The standard InChI is InChI=1S/C15H21N3O4S.ClH/c19-15(17-12-5-6-16-11-12)13-3-1-2-4-14(13)23(20,21)18-7-9-22-10-8-18;/h1-4,12,16H,5-11H2,(H,17,19);1H. The molecule has 2 aliphatic rings. The summed E-state index contributed by atoms with van der Waals surface area (Å²) in [4.78, 5) is 12.6. The van der Waals surface area contributed by atoms with E-state index < -0.39 is 10.0 Å². The van der Waals surface area contributed by atoms with Gasteiger partial charge in [-0.25, -0.2) is 8.42 Å². The number of carbonyl (C=O) groups excluding carboxylic acids is 1. The van der Waals surface area contributed by atoms with Crippen molar-refractivity contribution in [2.24, 2.45) is 0 Å². The van der Waals surface area contributed by atoms with Gasteiger partial charge in [-0.1, -0.05) is 12.1 Å². The van der Waals surface area contributed by atoms with Gasteiger partial charge in [0.2, 0.25) is 10.0 Å². The van der Waals surface area contributed by atoms with Crippen LogP contribution in [0.15, 0.2) is 29.2 Å². The molecule has 0 bridgehead atoms. The molecule has 2 saturated heterocycles. The molecule has 2 aliphatic heterocycles. The fourth-order valence-corrected chi connectivity index (χ4v) is 4.44. The number of hydrogen-bond acceptors (Lipinski definition) is 5. The second kappa shape index (κ2) is 8.26.